The zero-order valence-corrected chi connectivity index (χ0v) is 11.9. The molecule has 0 spiro atoms. The Kier molecular flexibility index (Phi) is 7.37. The Morgan fingerprint density at radius 2 is 1.28 bits per heavy atom. The molecule has 106 valence electrons. The van der Waals surface area contributed by atoms with Gasteiger partial charge < -0.3 is 10.6 Å². The van der Waals surface area contributed by atoms with Crippen molar-refractivity contribution >= 4 is 19.7 Å². The highest BCUT2D eigenvalue weighted by Gasteiger charge is 2.13. The maximum Gasteiger partial charge on any atom is 0.172 e. The quantitative estimate of drug-likeness (QED) is 0.576. The Morgan fingerprint density at radius 1 is 0.889 bits per heavy atom. The normalized spacial score (nSPS) is 12.6. The summed E-state index contributed by atoms with van der Waals surface area (Å²) in [5, 5.41) is 1.79. The molecule has 0 aromatic heterocycles. The monoisotopic (exact) mass is 296 g/mol. The maximum atomic E-state index is 11.3. The summed E-state index contributed by atoms with van der Waals surface area (Å²) in [6.45, 7) is 7.68. The van der Waals surface area contributed by atoms with Crippen LogP contribution < -0.4 is 5.73 Å². The standard InChI is InChI=1S/C10H20N2O4S2/c1-3-17(13,14)9-7-12(6-5-11)8-10-18(15,16)4-2/h3-4H,1-2,5-11H2. The van der Waals surface area contributed by atoms with Gasteiger partial charge >= 0.3 is 0 Å². The van der Waals surface area contributed by atoms with Crippen molar-refractivity contribution in [2.24, 2.45) is 5.73 Å². The molecule has 0 aliphatic carbocycles. The predicted octanol–water partition coefficient (Wildman–Crippen LogP) is -0.636. The van der Waals surface area contributed by atoms with Crippen molar-refractivity contribution < 1.29 is 16.8 Å². The summed E-state index contributed by atoms with van der Waals surface area (Å²) in [6.07, 6.45) is 0. The molecule has 0 unspecified atom stereocenters. The number of nitrogens with zero attached hydrogens (tertiary/aromatic N) is 1. The largest absolute Gasteiger partial charge is 0.329 e. The fourth-order valence-electron chi connectivity index (χ4n) is 1.20. The highest BCUT2D eigenvalue weighted by atomic mass is 32.2. The lowest BCUT2D eigenvalue weighted by molar-refractivity contribution is 0.314. The van der Waals surface area contributed by atoms with Crippen molar-refractivity contribution in [1.29, 1.82) is 0 Å². The molecule has 0 heterocycles. The highest BCUT2D eigenvalue weighted by Crippen LogP contribution is 1.98. The molecule has 0 aromatic rings. The molecule has 6 nitrogen and oxygen atoms in total. The van der Waals surface area contributed by atoms with Gasteiger partial charge in [-0.1, -0.05) is 13.2 Å². The summed E-state index contributed by atoms with van der Waals surface area (Å²) in [5.41, 5.74) is 5.39. The summed E-state index contributed by atoms with van der Waals surface area (Å²) in [4.78, 5) is 1.70. The Morgan fingerprint density at radius 3 is 1.56 bits per heavy atom. The first-order valence-corrected chi connectivity index (χ1v) is 8.82. The summed E-state index contributed by atoms with van der Waals surface area (Å²) in [6, 6.07) is 0. The zero-order valence-electron chi connectivity index (χ0n) is 10.3. The lowest BCUT2D eigenvalue weighted by Crippen LogP contribution is -2.36. The molecule has 0 fully saturated rings. The van der Waals surface area contributed by atoms with Gasteiger partial charge in [-0.2, -0.15) is 0 Å². The molecule has 0 aromatic carbocycles. The third kappa shape index (κ3) is 7.59. The Hall–Kier alpha value is -0.700. The summed E-state index contributed by atoms with van der Waals surface area (Å²) in [5.74, 6) is -0.185. The molecule has 0 radical (unpaired) electrons. The first-order chi connectivity index (χ1) is 8.26. The smallest absolute Gasteiger partial charge is 0.172 e. The molecule has 0 aliphatic rings. The molecule has 0 aliphatic heterocycles. The van der Waals surface area contributed by atoms with Crippen molar-refractivity contribution in [3.8, 4) is 0 Å². The molecular weight excluding hydrogens is 276 g/mol. The van der Waals surface area contributed by atoms with Gasteiger partial charge in [0.15, 0.2) is 19.7 Å². The molecule has 8 heteroatoms. The van der Waals surface area contributed by atoms with E-state index in [1.807, 2.05) is 0 Å². The van der Waals surface area contributed by atoms with E-state index in [1.165, 1.54) is 0 Å². The molecule has 0 saturated carbocycles. The number of sulfone groups is 2. The zero-order chi connectivity index (χ0) is 14.2. The first-order valence-electron chi connectivity index (χ1n) is 5.39. The van der Waals surface area contributed by atoms with E-state index in [0.717, 1.165) is 10.8 Å². The molecule has 0 rings (SSSR count). The minimum absolute atomic E-state index is 0.0926. The highest BCUT2D eigenvalue weighted by molar-refractivity contribution is 7.94. The van der Waals surface area contributed by atoms with Crippen LogP contribution in [-0.2, 0) is 19.7 Å². The van der Waals surface area contributed by atoms with Crippen molar-refractivity contribution in [2.45, 2.75) is 0 Å². The van der Waals surface area contributed by atoms with Gasteiger partial charge in [0.2, 0.25) is 0 Å². The van der Waals surface area contributed by atoms with E-state index in [1.54, 1.807) is 4.90 Å². The first kappa shape index (κ1) is 17.3. The molecule has 0 bridgehead atoms. The predicted molar refractivity (Wildman–Crippen MR) is 73.5 cm³/mol. The van der Waals surface area contributed by atoms with Crippen LogP contribution in [0.4, 0.5) is 0 Å². The topological polar surface area (TPSA) is 97.5 Å². The second kappa shape index (κ2) is 7.67. The fourth-order valence-corrected chi connectivity index (χ4v) is 2.56. The molecule has 0 saturated heterocycles. The minimum atomic E-state index is -3.28. The molecule has 18 heavy (non-hydrogen) atoms. The summed E-state index contributed by atoms with van der Waals surface area (Å²) < 4.78 is 45.0. The molecule has 2 N–H and O–H groups in total. The molecule has 0 amide bonds. The van der Waals surface area contributed by atoms with E-state index in [0.29, 0.717) is 13.1 Å². The van der Waals surface area contributed by atoms with E-state index in [-0.39, 0.29) is 24.6 Å². The van der Waals surface area contributed by atoms with Gasteiger partial charge in [-0.05, 0) is 0 Å². The third-order valence-corrected chi connectivity index (χ3v) is 4.86. The molecule has 0 atom stereocenters. The molecular formula is C10H20N2O4S2. The minimum Gasteiger partial charge on any atom is -0.329 e. The number of rotatable bonds is 10. The lowest BCUT2D eigenvalue weighted by Gasteiger charge is -2.20. The van der Waals surface area contributed by atoms with E-state index in [9.17, 15) is 16.8 Å². The van der Waals surface area contributed by atoms with Gasteiger partial charge in [0, 0.05) is 37.0 Å². The number of hydrogen-bond donors (Lipinski definition) is 1. The van der Waals surface area contributed by atoms with Crippen LogP contribution in [-0.4, -0.2) is 59.4 Å². The van der Waals surface area contributed by atoms with Gasteiger partial charge in [-0.3, -0.25) is 0 Å². The van der Waals surface area contributed by atoms with Crippen molar-refractivity contribution in [2.75, 3.05) is 37.7 Å². The van der Waals surface area contributed by atoms with E-state index >= 15 is 0 Å². The lowest BCUT2D eigenvalue weighted by atomic mass is 10.5. The van der Waals surface area contributed by atoms with Crippen LogP contribution in [0.3, 0.4) is 0 Å². The summed E-state index contributed by atoms with van der Waals surface area (Å²) >= 11 is 0. The SMILES string of the molecule is C=CS(=O)(=O)CCN(CCN)CCS(=O)(=O)C=C. The van der Waals surface area contributed by atoms with Crippen LogP contribution >= 0.6 is 0 Å². The van der Waals surface area contributed by atoms with Crippen LogP contribution in [0.25, 0.3) is 0 Å². The van der Waals surface area contributed by atoms with Crippen molar-refractivity contribution in [3.63, 3.8) is 0 Å². The van der Waals surface area contributed by atoms with Crippen LogP contribution in [0.1, 0.15) is 0 Å². The van der Waals surface area contributed by atoms with Gasteiger partial charge in [0.1, 0.15) is 0 Å². The average Bonchev–Trinajstić information content (AvgIpc) is 2.33. The number of hydrogen-bond acceptors (Lipinski definition) is 6. The average molecular weight is 296 g/mol. The number of nitrogens with two attached hydrogens (primary N) is 1. The van der Waals surface area contributed by atoms with Crippen molar-refractivity contribution in [3.05, 3.63) is 24.0 Å². The maximum absolute atomic E-state index is 11.3. The van der Waals surface area contributed by atoms with Crippen LogP contribution in [0, 0.1) is 0 Å². The fraction of sp³-hybridized carbons (Fsp3) is 0.600. The third-order valence-electron chi connectivity index (χ3n) is 2.34. The van der Waals surface area contributed by atoms with Crippen molar-refractivity contribution in [1.82, 2.24) is 4.90 Å². The van der Waals surface area contributed by atoms with Crippen LogP contribution in [0.15, 0.2) is 24.0 Å². The Bertz CT molecular complexity index is 426. The van der Waals surface area contributed by atoms with Gasteiger partial charge in [0.05, 0.1) is 11.5 Å². The summed E-state index contributed by atoms with van der Waals surface area (Å²) in [7, 11) is -6.56. The van der Waals surface area contributed by atoms with E-state index < -0.39 is 19.7 Å². The van der Waals surface area contributed by atoms with E-state index in [2.05, 4.69) is 13.2 Å². The van der Waals surface area contributed by atoms with Gasteiger partial charge in [-0.15, -0.1) is 0 Å². The second-order valence-corrected chi connectivity index (χ2v) is 7.83. The van der Waals surface area contributed by atoms with E-state index in [4.69, 9.17) is 5.73 Å². The van der Waals surface area contributed by atoms with Gasteiger partial charge in [-0.25, -0.2) is 16.8 Å². The Labute approximate surface area is 109 Å². The van der Waals surface area contributed by atoms with Gasteiger partial charge in [0.25, 0.3) is 0 Å². The van der Waals surface area contributed by atoms with Crippen LogP contribution in [0.2, 0.25) is 0 Å². The van der Waals surface area contributed by atoms with Crippen LogP contribution in [0.5, 0.6) is 0 Å². The Balaban J connectivity index is 4.41. The second-order valence-electron chi connectivity index (χ2n) is 3.70.